The molecule has 0 bridgehead atoms. The van der Waals surface area contributed by atoms with Crippen molar-refractivity contribution in [3.8, 4) is 0 Å². The van der Waals surface area contributed by atoms with E-state index in [1.54, 1.807) is 17.1 Å². The van der Waals surface area contributed by atoms with E-state index in [0.717, 1.165) is 41.5 Å². The lowest BCUT2D eigenvalue weighted by atomic mass is 10.1. The topological polar surface area (TPSA) is 46.8 Å². The second-order valence-electron chi connectivity index (χ2n) is 5.36. The summed E-state index contributed by atoms with van der Waals surface area (Å²) >= 11 is 6.35. The summed E-state index contributed by atoms with van der Waals surface area (Å²) in [6.45, 7) is 5.08. The normalized spacial score (nSPS) is 12.9. The van der Waals surface area contributed by atoms with Crippen molar-refractivity contribution in [2.75, 3.05) is 7.05 Å². The van der Waals surface area contributed by atoms with E-state index < -0.39 is 0 Å². The van der Waals surface area contributed by atoms with E-state index in [9.17, 15) is 0 Å². The molecule has 2 rings (SSSR count). The van der Waals surface area contributed by atoms with Gasteiger partial charge >= 0.3 is 0 Å². The molecule has 0 aromatic carbocycles. The number of hydrogen-bond donors (Lipinski definition) is 0. The standard InChI is InChI=1S/C15H22ClN5/c1-5-14-13(15(16)21(4)19-14)10-20(3)11(2)8-12-9-17-6-7-18-12/h6-7,9,11H,5,8,10H2,1-4H3/t11-/m1/s1. The number of aryl methyl sites for hydroxylation is 2. The van der Waals surface area contributed by atoms with E-state index in [0.29, 0.717) is 6.04 Å². The van der Waals surface area contributed by atoms with Crippen LogP contribution in [0.1, 0.15) is 30.8 Å². The van der Waals surface area contributed by atoms with Crippen LogP contribution in [0.5, 0.6) is 0 Å². The van der Waals surface area contributed by atoms with Crippen molar-refractivity contribution in [1.82, 2.24) is 24.6 Å². The fourth-order valence-corrected chi connectivity index (χ4v) is 2.55. The Labute approximate surface area is 131 Å². The second kappa shape index (κ2) is 7.00. The third kappa shape index (κ3) is 3.80. The van der Waals surface area contributed by atoms with Crippen molar-refractivity contribution in [2.45, 2.75) is 39.3 Å². The zero-order chi connectivity index (χ0) is 15.4. The molecule has 2 heterocycles. The van der Waals surface area contributed by atoms with Gasteiger partial charge in [0.05, 0.1) is 11.4 Å². The molecule has 0 saturated carbocycles. The van der Waals surface area contributed by atoms with Crippen LogP contribution in [0.2, 0.25) is 5.15 Å². The van der Waals surface area contributed by atoms with Crippen LogP contribution in [0.15, 0.2) is 18.6 Å². The quantitative estimate of drug-likeness (QED) is 0.822. The molecule has 0 saturated heterocycles. The van der Waals surface area contributed by atoms with Gasteiger partial charge in [0, 0.05) is 50.2 Å². The molecule has 0 aliphatic carbocycles. The molecule has 5 nitrogen and oxygen atoms in total. The Kier molecular flexibility index (Phi) is 5.31. The summed E-state index contributed by atoms with van der Waals surface area (Å²) in [6.07, 6.45) is 7.00. The van der Waals surface area contributed by atoms with Crippen LogP contribution in [-0.4, -0.2) is 37.7 Å². The molecular formula is C15H22ClN5. The zero-order valence-electron chi connectivity index (χ0n) is 13.0. The van der Waals surface area contributed by atoms with E-state index in [4.69, 9.17) is 11.6 Å². The van der Waals surface area contributed by atoms with Crippen LogP contribution in [0.3, 0.4) is 0 Å². The maximum atomic E-state index is 6.35. The lowest BCUT2D eigenvalue weighted by Crippen LogP contribution is -2.31. The molecule has 2 aromatic heterocycles. The third-order valence-corrected chi connectivity index (χ3v) is 4.24. The van der Waals surface area contributed by atoms with E-state index in [1.807, 2.05) is 13.2 Å². The molecule has 21 heavy (non-hydrogen) atoms. The Morgan fingerprint density at radius 2 is 2.14 bits per heavy atom. The summed E-state index contributed by atoms with van der Waals surface area (Å²) in [4.78, 5) is 10.7. The molecule has 0 spiro atoms. The van der Waals surface area contributed by atoms with E-state index >= 15 is 0 Å². The first kappa shape index (κ1) is 15.9. The summed E-state index contributed by atoms with van der Waals surface area (Å²) in [7, 11) is 3.98. The Morgan fingerprint density at radius 1 is 1.38 bits per heavy atom. The number of aromatic nitrogens is 4. The minimum atomic E-state index is 0.350. The summed E-state index contributed by atoms with van der Waals surface area (Å²) in [5.74, 6) is 0. The third-order valence-electron chi connectivity index (χ3n) is 3.77. The fourth-order valence-electron chi connectivity index (χ4n) is 2.34. The Bertz CT molecular complexity index is 581. The van der Waals surface area contributed by atoms with Gasteiger partial charge in [0.15, 0.2) is 0 Å². The SMILES string of the molecule is CCc1nn(C)c(Cl)c1CN(C)[C@H](C)Cc1cnccn1. The summed E-state index contributed by atoms with van der Waals surface area (Å²) in [6, 6.07) is 0.350. The highest BCUT2D eigenvalue weighted by Crippen LogP contribution is 2.22. The Balaban J connectivity index is 2.05. The molecule has 1 atom stereocenters. The molecule has 0 fully saturated rings. The number of nitrogens with zero attached hydrogens (tertiary/aromatic N) is 5. The Morgan fingerprint density at radius 3 is 2.76 bits per heavy atom. The van der Waals surface area contributed by atoms with Crippen LogP contribution >= 0.6 is 11.6 Å². The highest BCUT2D eigenvalue weighted by molar-refractivity contribution is 6.30. The summed E-state index contributed by atoms with van der Waals surface area (Å²) in [5.41, 5.74) is 3.20. The molecule has 6 heteroatoms. The first-order valence-corrected chi connectivity index (χ1v) is 7.56. The lowest BCUT2D eigenvalue weighted by Gasteiger charge is -2.24. The summed E-state index contributed by atoms with van der Waals surface area (Å²) in [5, 5.41) is 5.19. The van der Waals surface area contributed by atoms with Gasteiger partial charge in [-0.05, 0) is 20.4 Å². The van der Waals surface area contributed by atoms with Crippen LogP contribution in [-0.2, 0) is 26.4 Å². The number of halogens is 1. The van der Waals surface area contributed by atoms with Gasteiger partial charge in [-0.2, -0.15) is 5.10 Å². The summed E-state index contributed by atoms with van der Waals surface area (Å²) < 4.78 is 1.75. The van der Waals surface area contributed by atoms with E-state index in [1.165, 1.54) is 0 Å². The van der Waals surface area contributed by atoms with Gasteiger partial charge in [0.1, 0.15) is 5.15 Å². The number of likely N-dealkylation sites (N-methyl/N-ethyl adjacent to an activating group) is 1. The van der Waals surface area contributed by atoms with Gasteiger partial charge in [-0.1, -0.05) is 18.5 Å². The number of rotatable bonds is 6. The molecule has 2 aromatic rings. The predicted octanol–water partition coefficient (Wildman–Crippen LogP) is 2.49. The van der Waals surface area contributed by atoms with Crippen molar-refractivity contribution >= 4 is 11.6 Å². The van der Waals surface area contributed by atoms with Crippen molar-refractivity contribution in [2.24, 2.45) is 7.05 Å². The van der Waals surface area contributed by atoms with Crippen molar-refractivity contribution in [3.63, 3.8) is 0 Å². The van der Waals surface area contributed by atoms with Crippen LogP contribution in [0.25, 0.3) is 0 Å². The van der Waals surface area contributed by atoms with Gasteiger partial charge in [-0.3, -0.25) is 19.5 Å². The van der Waals surface area contributed by atoms with Crippen molar-refractivity contribution in [1.29, 1.82) is 0 Å². The monoisotopic (exact) mass is 307 g/mol. The molecule has 0 aliphatic heterocycles. The molecular weight excluding hydrogens is 286 g/mol. The first-order chi connectivity index (χ1) is 10.0. The van der Waals surface area contributed by atoms with E-state index in [-0.39, 0.29) is 0 Å². The second-order valence-corrected chi connectivity index (χ2v) is 5.72. The van der Waals surface area contributed by atoms with Gasteiger partial charge in [0.2, 0.25) is 0 Å². The van der Waals surface area contributed by atoms with Crippen LogP contribution in [0, 0.1) is 0 Å². The number of hydrogen-bond acceptors (Lipinski definition) is 4. The molecule has 114 valence electrons. The van der Waals surface area contributed by atoms with Gasteiger partial charge < -0.3 is 0 Å². The lowest BCUT2D eigenvalue weighted by molar-refractivity contribution is 0.246. The Hall–Kier alpha value is -1.46. The molecule has 0 aliphatic rings. The van der Waals surface area contributed by atoms with Crippen molar-refractivity contribution in [3.05, 3.63) is 40.7 Å². The average molecular weight is 308 g/mol. The fraction of sp³-hybridized carbons (Fsp3) is 0.533. The largest absolute Gasteiger partial charge is 0.299 e. The van der Waals surface area contributed by atoms with Crippen LogP contribution in [0.4, 0.5) is 0 Å². The first-order valence-electron chi connectivity index (χ1n) is 7.18. The highest BCUT2D eigenvalue weighted by atomic mass is 35.5. The minimum Gasteiger partial charge on any atom is -0.299 e. The average Bonchev–Trinajstić information content (AvgIpc) is 2.76. The smallest absolute Gasteiger partial charge is 0.131 e. The van der Waals surface area contributed by atoms with E-state index in [2.05, 4.69) is 40.9 Å². The van der Waals surface area contributed by atoms with Crippen molar-refractivity contribution < 1.29 is 0 Å². The zero-order valence-corrected chi connectivity index (χ0v) is 13.8. The predicted molar refractivity (Wildman–Crippen MR) is 84.3 cm³/mol. The maximum absolute atomic E-state index is 6.35. The van der Waals surface area contributed by atoms with Gasteiger partial charge in [-0.25, -0.2) is 0 Å². The van der Waals surface area contributed by atoms with Gasteiger partial charge in [0.25, 0.3) is 0 Å². The molecule has 0 unspecified atom stereocenters. The van der Waals surface area contributed by atoms with Gasteiger partial charge in [-0.15, -0.1) is 0 Å². The molecule has 0 amide bonds. The molecule has 0 N–H and O–H groups in total. The minimum absolute atomic E-state index is 0.350. The highest BCUT2D eigenvalue weighted by Gasteiger charge is 2.18. The van der Waals surface area contributed by atoms with Crippen LogP contribution < -0.4 is 0 Å². The molecule has 0 radical (unpaired) electrons. The maximum Gasteiger partial charge on any atom is 0.131 e.